The molecule has 1 rings (SSSR count). The Morgan fingerprint density at radius 1 is 1.33 bits per heavy atom. The highest BCUT2D eigenvalue weighted by atomic mass is 127. The summed E-state index contributed by atoms with van der Waals surface area (Å²) in [6, 6.07) is 4.02. The second kappa shape index (κ2) is 7.64. The van der Waals surface area contributed by atoms with Gasteiger partial charge in [-0.1, -0.05) is 13.8 Å². The molecule has 0 fully saturated rings. The molecule has 5 heteroatoms. The standard InChI is InChI=1S/C13H17I2NO2/c1-8(2)6-18-7-9-4-10(14)12(11(15)5-9)13(17)16-3/h4-5,8H,6-7H2,1-3H3,(H,16,17). The van der Waals surface area contributed by atoms with E-state index in [0.717, 1.165) is 24.9 Å². The molecule has 18 heavy (non-hydrogen) atoms. The van der Waals surface area contributed by atoms with E-state index in [1.54, 1.807) is 7.05 Å². The third-order valence-electron chi connectivity index (χ3n) is 2.28. The van der Waals surface area contributed by atoms with E-state index in [1.165, 1.54) is 0 Å². The molecule has 0 atom stereocenters. The normalized spacial score (nSPS) is 10.8. The first-order valence-corrected chi connectivity index (χ1v) is 7.89. The minimum absolute atomic E-state index is 0.0431. The summed E-state index contributed by atoms with van der Waals surface area (Å²) in [5, 5.41) is 2.66. The van der Waals surface area contributed by atoms with E-state index in [-0.39, 0.29) is 5.91 Å². The summed E-state index contributed by atoms with van der Waals surface area (Å²) >= 11 is 4.39. The Kier molecular flexibility index (Phi) is 6.86. The Bertz CT molecular complexity index is 410. The molecule has 0 saturated carbocycles. The predicted molar refractivity (Wildman–Crippen MR) is 89.8 cm³/mol. The van der Waals surface area contributed by atoms with Gasteiger partial charge in [-0.15, -0.1) is 0 Å². The largest absolute Gasteiger partial charge is 0.377 e. The van der Waals surface area contributed by atoms with Gasteiger partial charge in [-0.2, -0.15) is 0 Å². The molecule has 1 N–H and O–H groups in total. The van der Waals surface area contributed by atoms with Crippen LogP contribution >= 0.6 is 45.2 Å². The van der Waals surface area contributed by atoms with Crippen LogP contribution in [0.1, 0.15) is 29.8 Å². The van der Waals surface area contributed by atoms with Crippen LogP contribution in [0.5, 0.6) is 0 Å². The van der Waals surface area contributed by atoms with Crippen LogP contribution < -0.4 is 5.32 Å². The number of amides is 1. The molecule has 3 nitrogen and oxygen atoms in total. The molecule has 0 bridgehead atoms. The van der Waals surface area contributed by atoms with Crippen LogP contribution in [0.4, 0.5) is 0 Å². The zero-order chi connectivity index (χ0) is 13.7. The van der Waals surface area contributed by atoms with Crippen molar-refractivity contribution in [3.8, 4) is 0 Å². The fraction of sp³-hybridized carbons (Fsp3) is 0.462. The molecule has 0 aliphatic heterocycles. The van der Waals surface area contributed by atoms with Gasteiger partial charge in [-0.05, 0) is 68.8 Å². The van der Waals surface area contributed by atoms with Gasteiger partial charge in [-0.25, -0.2) is 0 Å². The van der Waals surface area contributed by atoms with Crippen molar-refractivity contribution in [2.45, 2.75) is 20.5 Å². The van der Waals surface area contributed by atoms with Gasteiger partial charge in [0.05, 0.1) is 12.2 Å². The summed E-state index contributed by atoms with van der Waals surface area (Å²) in [5.41, 5.74) is 1.85. The molecule has 1 aromatic carbocycles. The average Bonchev–Trinajstić information content (AvgIpc) is 2.27. The fourth-order valence-corrected chi connectivity index (χ4v) is 3.85. The topological polar surface area (TPSA) is 38.3 Å². The SMILES string of the molecule is CNC(=O)c1c(I)cc(COCC(C)C)cc1I. The van der Waals surface area contributed by atoms with Crippen LogP contribution in [0.3, 0.4) is 0 Å². The highest BCUT2D eigenvalue weighted by Crippen LogP contribution is 2.22. The Balaban J connectivity index is 2.83. The molecule has 100 valence electrons. The van der Waals surface area contributed by atoms with Crippen LogP contribution in [0.2, 0.25) is 0 Å². The quantitative estimate of drug-likeness (QED) is 0.667. The van der Waals surface area contributed by atoms with Gasteiger partial charge >= 0.3 is 0 Å². The number of rotatable bonds is 5. The monoisotopic (exact) mass is 473 g/mol. The zero-order valence-corrected chi connectivity index (χ0v) is 15.0. The van der Waals surface area contributed by atoms with Gasteiger partial charge in [-0.3, -0.25) is 4.79 Å². The number of hydrogen-bond acceptors (Lipinski definition) is 2. The number of carbonyl (C=O) groups is 1. The van der Waals surface area contributed by atoms with Crippen molar-refractivity contribution in [2.24, 2.45) is 5.92 Å². The van der Waals surface area contributed by atoms with E-state index in [2.05, 4.69) is 64.3 Å². The van der Waals surface area contributed by atoms with Crippen molar-refractivity contribution >= 4 is 51.1 Å². The molecule has 0 heterocycles. The smallest absolute Gasteiger partial charge is 0.253 e. The lowest BCUT2D eigenvalue weighted by Gasteiger charge is -2.11. The summed E-state index contributed by atoms with van der Waals surface area (Å²) in [7, 11) is 1.65. The summed E-state index contributed by atoms with van der Waals surface area (Å²) in [6.07, 6.45) is 0. The maximum absolute atomic E-state index is 11.7. The molecular formula is C13H17I2NO2. The second-order valence-electron chi connectivity index (χ2n) is 4.42. The van der Waals surface area contributed by atoms with E-state index < -0.39 is 0 Å². The first kappa shape index (κ1) is 16.2. The molecule has 0 aliphatic carbocycles. The Morgan fingerprint density at radius 3 is 2.33 bits per heavy atom. The second-order valence-corrected chi connectivity index (χ2v) is 6.75. The third kappa shape index (κ3) is 4.65. The molecule has 0 spiro atoms. The Hall–Kier alpha value is 0.110. The minimum atomic E-state index is -0.0431. The van der Waals surface area contributed by atoms with E-state index >= 15 is 0 Å². The average molecular weight is 473 g/mol. The van der Waals surface area contributed by atoms with Crippen molar-refractivity contribution in [1.29, 1.82) is 0 Å². The summed E-state index contributed by atoms with van der Waals surface area (Å²) < 4.78 is 7.53. The molecular weight excluding hydrogens is 456 g/mol. The number of ether oxygens (including phenoxy) is 1. The lowest BCUT2D eigenvalue weighted by Crippen LogP contribution is -2.20. The van der Waals surface area contributed by atoms with Crippen LogP contribution in [0.15, 0.2) is 12.1 Å². The van der Waals surface area contributed by atoms with Crippen molar-refractivity contribution in [3.63, 3.8) is 0 Å². The summed E-state index contributed by atoms with van der Waals surface area (Å²) in [4.78, 5) is 11.7. The van der Waals surface area contributed by atoms with Crippen LogP contribution in [0.25, 0.3) is 0 Å². The first-order valence-electron chi connectivity index (χ1n) is 5.73. The van der Waals surface area contributed by atoms with E-state index in [4.69, 9.17) is 4.74 Å². The number of hydrogen-bond donors (Lipinski definition) is 1. The summed E-state index contributed by atoms with van der Waals surface area (Å²) in [6.45, 7) is 5.60. The molecule has 1 amide bonds. The number of benzene rings is 1. The van der Waals surface area contributed by atoms with Crippen molar-refractivity contribution in [1.82, 2.24) is 5.32 Å². The van der Waals surface area contributed by atoms with Gasteiger partial charge in [0, 0.05) is 20.8 Å². The Morgan fingerprint density at radius 2 is 1.89 bits per heavy atom. The lowest BCUT2D eigenvalue weighted by atomic mass is 10.1. The third-order valence-corrected chi connectivity index (χ3v) is 3.98. The minimum Gasteiger partial charge on any atom is -0.377 e. The van der Waals surface area contributed by atoms with Gasteiger partial charge < -0.3 is 10.1 Å². The molecule has 0 saturated heterocycles. The van der Waals surface area contributed by atoms with Gasteiger partial charge in [0.2, 0.25) is 0 Å². The molecule has 1 aromatic rings. The summed E-state index contributed by atoms with van der Waals surface area (Å²) in [5.74, 6) is 0.492. The molecule has 0 radical (unpaired) electrons. The molecule has 0 aliphatic rings. The fourth-order valence-electron chi connectivity index (χ4n) is 1.46. The van der Waals surface area contributed by atoms with Crippen LogP contribution in [-0.2, 0) is 11.3 Å². The number of halogens is 2. The first-order chi connectivity index (χ1) is 8.45. The van der Waals surface area contributed by atoms with Crippen molar-refractivity contribution in [3.05, 3.63) is 30.4 Å². The van der Waals surface area contributed by atoms with Gasteiger partial charge in [0.1, 0.15) is 0 Å². The van der Waals surface area contributed by atoms with Crippen molar-refractivity contribution < 1.29 is 9.53 Å². The van der Waals surface area contributed by atoms with E-state index in [0.29, 0.717) is 12.5 Å². The van der Waals surface area contributed by atoms with E-state index in [9.17, 15) is 4.79 Å². The predicted octanol–water partition coefficient (Wildman–Crippen LogP) is 3.43. The molecule has 0 aromatic heterocycles. The maximum atomic E-state index is 11.7. The van der Waals surface area contributed by atoms with E-state index in [1.807, 2.05) is 12.1 Å². The van der Waals surface area contributed by atoms with Gasteiger partial charge in [0.25, 0.3) is 5.91 Å². The molecule has 0 unspecified atom stereocenters. The lowest BCUT2D eigenvalue weighted by molar-refractivity contribution is 0.0954. The Labute approximate surface area is 135 Å². The zero-order valence-electron chi connectivity index (χ0n) is 10.7. The highest BCUT2D eigenvalue weighted by Gasteiger charge is 2.14. The maximum Gasteiger partial charge on any atom is 0.253 e. The number of nitrogens with one attached hydrogen (secondary N) is 1. The number of carbonyl (C=O) groups excluding carboxylic acids is 1. The van der Waals surface area contributed by atoms with Gasteiger partial charge in [0.15, 0.2) is 0 Å². The van der Waals surface area contributed by atoms with Crippen molar-refractivity contribution in [2.75, 3.05) is 13.7 Å². The highest BCUT2D eigenvalue weighted by molar-refractivity contribution is 14.1. The van der Waals surface area contributed by atoms with Crippen LogP contribution in [0, 0.1) is 13.1 Å². The van der Waals surface area contributed by atoms with Crippen LogP contribution in [-0.4, -0.2) is 19.6 Å².